The number of nitrogens with zero attached hydrogens (tertiary/aromatic N) is 1. The van der Waals surface area contributed by atoms with Crippen LogP contribution in [0.4, 0.5) is 5.69 Å². The van der Waals surface area contributed by atoms with Crippen LogP contribution in [0.5, 0.6) is 11.5 Å². The number of thiocarbonyl (C=S) groups is 1. The first-order valence-electron chi connectivity index (χ1n) is 8.86. The van der Waals surface area contributed by atoms with Gasteiger partial charge >= 0.3 is 0 Å². The van der Waals surface area contributed by atoms with Gasteiger partial charge < -0.3 is 20.3 Å². The number of benzene rings is 2. The van der Waals surface area contributed by atoms with E-state index in [1.165, 1.54) is 19.4 Å². The number of hydrogen-bond acceptors (Lipinski definition) is 3. The van der Waals surface area contributed by atoms with Crippen molar-refractivity contribution in [2.24, 2.45) is 5.92 Å². The molecule has 4 nitrogen and oxygen atoms in total. The SMILES string of the molecule is CN1CCC[C@@H](CNC(=S)Nc2cc(Cl)ccc2Oc2ccccc2)C1. The van der Waals surface area contributed by atoms with Crippen molar-refractivity contribution in [3.63, 3.8) is 0 Å². The number of piperidine rings is 1. The lowest BCUT2D eigenvalue weighted by molar-refractivity contribution is 0.211. The van der Waals surface area contributed by atoms with Gasteiger partial charge in [0.2, 0.25) is 0 Å². The third kappa shape index (κ3) is 5.59. The second kappa shape index (κ2) is 9.21. The Balaban J connectivity index is 1.61. The zero-order valence-corrected chi connectivity index (χ0v) is 16.4. The lowest BCUT2D eigenvalue weighted by Crippen LogP contribution is -2.40. The highest BCUT2D eigenvalue weighted by atomic mass is 35.5. The second-order valence-electron chi connectivity index (χ2n) is 6.66. The van der Waals surface area contributed by atoms with Gasteiger partial charge in [-0.15, -0.1) is 0 Å². The summed E-state index contributed by atoms with van der Waals surface area (Å²) in [5, 5.41) is 7.76. The number of hydrogen-bond donors (Lipinski definition) is 2. The molecule has 2 aromatic carbocycles. The third-order valence-corrected chi connectivity index (χ3v) is 4.92. The van der Waals surface area contributed by atoms with Crippen LogP contribution in [-0.2, 0) is 0 Å². The van der Waals surface area contributed by atoms with Crippen LogP contribution in [0.2, 0.25) is 5.02 Å². The number of nitrogens with one attached hydrogen (secondary N) is 2. The molecule has 1 heterocycles. The van der Waals surface area contributed by atoms with Crippen molar-refractivity contribution < 1.29 is 4.74 Å². The van der Waals surface area contributed by atoms with Crippen LogP contribution in [0.15, 0.2) is 48.5 Å². The van der Waals surface area contributed by atoms with Gasteiger partial charge in [0.15, 0.2) is 10.9 Å². The molecule has 138 valence electrons. The van der Waals surface area contributed by atoms with E-state index in [0.717, 1.165) is 24.5 Å². The first kappa shape index (κ1) is 19.0. The van der Waals surface area contributed by atoms with Crippen molar-refractivity contribution in [3.8, 4) is 11.5 Å². The van der Waals surface area contributed by atoms with Gasteiger partial charge in [0, 0.05) is 18.1 Å². The summed E-state index contributed by atoms with van der Waals surface area (Å²) in [6, 6.07) is 15.1. The predicted octanol–water partition coefficient (Wildman–Crippen LogP) is 4.76. The van der Waals surface area contributed by atoms with Crippen molar-refractivity contribution in [1.29, 1.82) is 0 Å². The first-order valence-corrected chi connectivity index (χ1v) is 9.64. The van der Waals surface area contributed by atoms with Crippen LogP contribution in [0.25, 0.3) is 0 Å². The zero-order chi connectivity index (χ0) is 18.4. The molecular weight excluding hydrogens is 366 g/mol. The minimum Gasteiger partial charge on any atom is -0.455 e. The van der Waals surface area contributed by atoms with Gasteiger partial charge in [-0.3, -0.25) is 0 Å². The Bertz CT molecular complexity index is 741. The summed E-state index contributed by atoms with van der Waals surface area (Å²) in [6.45, 7) is 3.16. The fourth-order valence-corrected chi connectivity index (χ4v) is 3.51. The molecule has 0 aromatic heterocycles. The summed E-state index contributed by atoms with van der Waals surface area (Å²) in [5.74, 6) is 2.07. The van der Waals surface area contributed by atoms with E-state index >= 15 is 0 Å². The minimum absolute atomic E-state index is 0.582. The molecule has 0 spiro atoms. The molecule has 0 amide bonds. The molecule has 0 unspecified atom stereocenters. The molecular formula is C20H24ClN3OS. The number of halogens is 1. The fourth-order valence-electron chi connectivity index (χ4n) is 3.15. The molecule has 1 atom stereocenters. The van der Waals surface area contributed by atoms with Crippen LogP contribution in [-0.4, -0.2) is 36.7 Å². The maximum absolute atomic E-state index is 6.15. The van der Waals surface area contributed by atoms with E-state index in [0.29, 0.717) is 21.8 Å². The van der Waals surface area contributed by atoms with Gasteiger partial charge in [-0.25, -0.2) is 0 Å². The second-order valence-corrected chi connectivity index (χ2v) is 7.51. The van der Waals surface area contributed by atoms with E-state index in [2.05, 4.69) is 22.6 Å². The average molecular weight is 390 g/mol. The van der Waals surface area contributed by atoms with Gasteiger partial charge in [-0.2, -0.15) is 0 Å². The molecule has 0 bridgehead atoms. The maximum atomic E-state index is 6.15. The molecule has 0 radical (unpaired) electrons. The Kier molecular flexibility index (Phi) is 6.72. The summed E-state index contributed by atoms with van der Waals surface area (Å²) in [6.07, 6.45) is 2.48. The molecule has 3 rings (SSSR count). The van der Waals surface area contributed by atoms with Crippen molar-refractivity contribution in [1.82, 2.24) is 10.2 Å². The maximum Gasteiger partial charge on any atom is 0.170 e. The summed E-state index contributed by atoms with van der Waals surface area (Å²) in [7, 11) is 2.17. The summed E-state index contributed by atoms with van der Waals surface area (Å²) in [5.41, 5.74) is 0.750. The van der Waals surface area contributed by atoms with Crippen LogP contribution in [0.3, 0.4) is 0 Å². The molecule has 1 fully saturated rings. The van der Waals surface area contributed by atoms with Crippen molar-refractivity contribution >= 4 is 34.6 Å². The van der Waals surface area contributed by atoms with E-state index in [4.69, 9.17) is 28.6 Å². The highest BCUT2D eigenvalue weighted by Gasteiger charge is 2.17. The number of likely N-dealkylation sites (tertiary alicyclic amines) is 1. The van der Waals surface area contributed by atoms with Crippen molar-refractivity contribution in [2.75, 3.05) is 32.0 Å². The van der Waals surface area contributed by atoms with E-state index in [-0.39, 0.29) is 0 Å². The Labute approximate surface area is 165 Å². The Morgan fingerprint density at radius 3 is 2.85 bits per heavy atom. The smallest absolute Gasteiger partial charge is 0.170 e. The Morgan fingerprint density at radius 2 is 2.08 bits per heavy atom. The summed E-state index contributed by atoms with van der Waals surface area (Å²) >= 11 is 11.6. The van der Waals surface area contributed by atoms with Crippen LogP contribution in [0.1, 0.15) is 12.8 Å². The van der Waals surface area contributed by atoms with E-state index in [9.17, 15) is 0 Å². The number of ether oxygens (including phenoxy) is 1. The number of para-hydroxylation sites is 1. The van der Waals surface area contributed by atoms with E-state index < -0.39 is 0 Å². The highest BCUT2D eigenvalue weighted by Crippen LogP contribution is 2.32. The molecule has 0 saturated carbocycles. The summed E-state index contributed by atoms with van der Waals surface area (Å²) in [4.78, 5) is 2.37. The summed E-state index contributed by atoms with van der Waals surface area (Å²) < 4.78 is 5.96. The highest BCUT2D eigenvalue weighted by molar-refractivity contribution is 7.80. The minimum atomic E-state index is 0.582. The molecule has 1 saturated heterocycles. The van der Waals surface area contributed by atoms with E-state index in [1.807, 2.05) is 42.5 Å². The molecule has 26 heavy (non-hydrogen) atoms. The molecule has 1 aliphatic heterocycles. The first-order chi connectivity index (χ1) is 12.6. The molecule has 1 aliphatic rings. The van der Waals surface area contributed by atoms with Crippen LogP contribution in [0, 0.1) is 5.92 Å². The lowest BCUT2D eigenvalue weighted by Gasteiger charge is -2.30. The predicted molar refractivity (Wildman–Crippen MR) is 112 cm³/mol. The van der Waals surface area contributed by atoms with Crippen molar-refractivity contribution in [3.05, 3.63) is 53.6 Å². The third-order valence-electron chi connectivity index (χ3n) is 4.43. The molecule has 2 aromatic rings. The van der Waals surface area contributed by atoms with Crippen LogP contribution < -0.4 is 15.4 Å². The number of anilines is 1. The quantitative estimate of drug-likeness (QED) is 0.721. The zero-order valence-electron chi connectivity index (χ0n) is 14.9. The normalized spacial score (nSPS) is 17.5. The largest absolute Gasteiger partial charge is 0.455 e. The molecule has 2 N–H and O–H groups in total. The van der Waals surface area contributed by atoms with Gasteiger partial charge in [0.25, 0.3) is 0 Å². The van der Waals surface area contributed by atoms with Gasteiger partial charge in [0.1, 0.15) is 5.75 Å². The monoisotopic (exact) mass is 389 g/mol. The van der Waals surface area contributed by atoms with Crippen molar-refractivity contribution in [2.45, 2.75) is 12.8 Å². The molecule has 0 aliphatic carbocycles. The molecule has 6 heteroatoms. The topological polar surface area (TPSA) is 36.5 Å². The fraction of sp³-hybridized carbons (Fsp3) is 0.350. The van der Waals surface area contributed by atoms with E-state index in [1.54, 1.807) is 6.07 Å². The Morgan fingerprint density at radius 1 is 1.27 bits per heavy atom. The van der Waals surface area contributed by atoms with Gasteiger partial charge in [0.05, 0.1) is 5.69 Å². The van der Waals surface area contributed by atoms with Gasteiger partial charge in [-0.1, -0.05) is 29.8 Å². The number of rotatable bonds is 5. The van der Waals surface area contributed by atoms with Gasteiger partial charge in [-0.05, 0) is 74.9 Å². The van der Waals surface area contributed by atoms with Crippen LogP contribution >= 0.6 is 23.8 Å². The lowest BCUT2D eigenvalue weighted by atomic mass is 9.99. The Hall–Kier alpha value is -1.82. The average Bonchev–Trinajstić information content (AvgIpc) is 2.63. The standard InChI is InChI=1S/C20H24ClN3OS/c1-24-11-5-6-15(14-24)13-22-20(26)23-18-12-16(21)9-10-19(18)25-17-7-3-2-4-8-17/h2-4,7-10,12,15H,5-6,11,13-14H2,1H3,(H2,22,23,26)/t15-/m0/s1.